The van der Waals surface area contributed by atoms with Crippen molar-refractivity contribution in [1.29, 1.82) is 0 Å². The second-order valence-corrected chi connectivity index (χ2v) is 4.86. The highest BCUT2D eigenvalue weighted by Crippen LogP contribution is 2.08. The van der Waals surface area contributed by atoms with Crippen molar-refractivity contribution >= 4 is 0 Å². The third-order valence-electron chi connectivity index (χ3n) is 3.07. The van der Waals surface area contributed by atoms with Gasteiger partial charge in [-0.25, -0.2) is 4.39 Å². The van der Waals surface area contributed by atoms with E-state index in [2.05, 4.69) is 5.32 Å². The van der Waals surface area contributed by atoms with Crippen molar-refractivity contribution in [1.82, 2.24) is 5.32 Å². The molecule has 0 spiro atoms. The third-order valence-corrected chi connectivity index (χ3v) is 3.07. The number of hydrogen-bond acceptors (Lipinski definition) is 3. The molecule has 2 rings (SSSR count). The lowest BCUT2D eigenvalue weighted by Crippen LogP contribution is -2.32. The molecular weight excluding hydrogens is 269 g/mol. The Kier molecular flexibility index (Phi) is 6.19. The van der Waals surface area contributed by atoms with Crippen LogP contribution in [0.3, 0.4) is 0 Å². The minimum Gasteiger partial charge on any atom is -0.491 e. The molecule has 1 atom stereocenters. The minimum absolute atomic E-state index is 0.222. The van der Waals surface area contributed by atoms with Crippen LogP contribution in [0.1, 0.15) is 5.56 Å². The summed E-state index contributed by atoms with van der Waals surface area (Å²) >= 11 is 0. The lowest BCUT2D eigenvalue weighted by atomic mass is 10.1. The van der Waals surface area contributed by atoms with Crippen LogP contribution in [-0.4, -0.2) is 30.9 Å². The minimum atomic E-state index is -0.557. The Balaban J connectivity index is 1.59. The van der Waals surface area contributed by atoms with Gasteiger partial charge < -0.3 is 15.2 Å². The second kappa shape index (κ2) is 8.39. The number of nitrogens with one attached hydrogen (secondary N) is 1. The second-order valence-electron chi connectivity index (χ2n) is 4.86. The Labute approximate surface area is 124 Å². The molecule has 0 aromatic heterocycles. The van der Waals surface area contributed by atoms with Crippen LogP contribution in [0.5, 0.6) is 5.75 Å². The molecule has 0 aliphatic carbocycles. The molecule has 112 valence electrons. The number of aliphatic hydroxyl groups is 1. The lowest BCUT2D eigenvalue weighted by Gasteiger charge is -2.13. The predicted molar refractivity (Wildman–Crippen MR) is 80.9 cm³/mol. The normalized spacial score (nSPS) is 12.1. The van der Waals surface area contributed by atoms with Gasteiger partial charge in [-0.05, 0) is 42.8 Å². The molecule has 4 heteroatoms. The summed E-state index contributed by atoms with van der Waals surface area (Å²) in [5.74, 6) is 0.531. The van der Waals surface area contributed by atoms with Gasteiger partial charge in [-0.3, -0.25) is 0 Å². The zero-order valence-corrected chi connectivity index (χ0v) is 11.8. The van der Waals surface area contributed by atoms with Crippen LogP contribution >= 0.6 is 0 Å². The van der Waals surface area contributed by atoms with E-state index in [1.54, 1.807) is 12.1 Å². The Morgan fingerprint density at radius 1 is 1.05 bits per heavy atom. The van der Waals surface area contributed by atoms with Crippen LogP contribution in [-0.2, 0) is 6.42 Å². The molecule has 2 aromatic rings. The number of rotatable bonds is 8. The summed E-state index contributed by atoms with van der Waals surface area (Å²) in [4.78, 5) is 0. The van der Waals surface area contributed by atoms with Gasteiger partial charge >= 0.3 is 0 Å². The van der Waals surface area contributed by atoms with Crippen LogP contribution in [0.4, 0.5) is 4.39 Å². The Bertz CT molecular complexity index is 516. The zero-order chi connectivity index (χ0) is 14.9. The average Bonchev–Trinajstić information content (AvgIpc) is 2.52. The lowest BCUT2D eigenvalue weighted by molar-refractivity contribution is 0.106. The molecule has 0 bridgehead atoms. The first kappa shape index (κ1) is 15.5. The fourth-order valence-corrected chi connectivity index (χ4v) is 1.92. The van der Waals surface area contributed by atoms with Gasteiger partial charge in [0.15, 0.2) is 0 Å². The zero-order valence-electron chi connectivity index (χ0n) is 11.8. The number of benzene rings is 2. The topological polar surface area (TPSA) is 41.5 Å². The molecule has 0 fully saturated rings. The van der Waals surface area contributed by atoms with Crippen LogP contribution in [0.15, 0.2) is 54.6 Å². The molecule has 0 aliphatic heterocycles. The van der Waals surface area contributed by atoms with Gasteiger partial charge in [0.05, 0.1) is 0 Å². The third kappa shape index (κ3) is 5.94. The first-order valence-corrected chi connectivity index (χ1v) is 7.05. The summed E-state index contributed by atoms with van der Waals surface area (Å²) in [5, 5.41) is 13.0. The fourth-order valence-electron chi connectivity index (χ4n) is 1.92. The van der Waals surface area contributed by atoms with Crippen LogP contribution < -0.4 is 10.1 Å². The van der Waals surface area contributed by atoms with E-state index in [-0.39, 0.29) is 12.4 Å². The Morgan fingerprint density at radius 3 is 2.48 bits per heavy atom. The largest absolute Gasteiger partial charge is 0.491 e. The van der Waals surface area contributed by atoms with Gasteiger partial charge in [-0.15, -0.1) is 0 Å². The number of aliphatic hydroxyl groups excluding tert-OH is 1. The number of hydrogen-bond donors (Lipinski definition) is 2. The van der Waals surface area contributed by atoms with Gasteiger partial charge in [0.25, 0.3) is 0 Å². The predicted octanol–water partition coefficient (Wildman–Crippen LogP) is 2.40. The van der Waals surface area contributed by atoms with Gasteiger partial charge in [0.2, 0.25) is 0 Å². The Hall–Kier alpha value is -1.91. The molecule has 3 nitrogen and oxygen atoms in total. The number of ether oxygens (including phenoxy) is 1. The van der Waals surface area contributed by atoms with Crippen LogP contribution in [0.2, 0.25) is 0 Å². The molecule has 2 aromatic carbocycles. The van der Waals surface area contributed by atoms with Crippen molar-refractivity contribution < 1.29 is 14.2 Å². The highest BCUT2D eigenvalue weighted by atomic mass is 19.1. The highest BCUT2D eigenvalue weighted by molar-refractivity contribution is 5.20. The van der Waals surface area contributed by atoms with Crippen LogP contribution in [0, 0.1) is 5.82 Å². The van der Waals surface area contributed by atoms with E-state index in [0.29, 0.717) is 6.54 Å². The maximum Gasteiger partial charge on any atom is 0.123 e. The van der Waals surface area contributed by atoms with E-state index in [4.69, 9.17) is 4.74 Å². The van der Waals surface area contributed by atoms with Crippen molar-refractivity contribution in [3.63, 3.8) is 0 Å². The molecule has 0 saturated heterocycles. The van der Waals surface area contributed by atoms with Crippen molar-refractivity contribution in [2.75, 3.05) is 19.7 Å². The van der Waals surface area contributed by atoms with E-state index < -0.39 is 6.10 Å². The molecule has 0 radical (unpaired) electrons. The summed E-state index contributed by atoms with van der Waals surface area (Å²) in [7, 11) is 0. The highest BCUT2D eigenvalue weighted by Gasteiger charge is 2.04. The monoisotopic (exact) mass is 289 g/mol. The van der Waals surface area contributed by atoms with E-state index in [9.17, 15) is 9.50 Å². The fraction of sp³-hybridized carbons (Fsp3) is 0.294. The molecular formula is C17H20FNO2. The van der Waals surface area contributed by atoms with Crippen molar-refractivity contribution in [2.45, 2.75) is 12.5 Å². The first-order valence-electron chi connectivity index (χ1n) is 7.05. The average molecular weight is 289 g/mol. The SMILES string of the molecule is OC(CNCCc1ccc(F)cc1)COc1ccccc1. The van der Waals surface area contributed by atoms with E-state index in [0.717, 1.165) is 24.3 Å². The van der Waals surface area contributed by atoms with Gasteiger partial charge in [0.1, 0.15) is 24.3 Å². The van der Waals surface area contributed by atoms with Crippen molar-refractivity contribution in [2.24, 2.45) is 0 Å². The summed E-state index contributed by atoms with van der Waals surface area (Å²) in [6.07, 6.45) is 0.241. The molecule has 0 heterocycles. The summed E-state index contributed by atoms with van der Waals surface area (Å²) in [6, 6.07) is 15.9. The summed E-state index contributed by atoms with van der Waals surface area (Å²) in [5.41, 5.74) is 1.07. The van der Waals surface area contributed by atoms with Crippen LogP contribution in [0.25, 0.3) is 0 Å². The summed E-state index contributed by atoms with van der Waals surface area (Å²) < 4.78 is 18.2. The van der Waals surface area contributed by atoms with E-state index >= 15 is 0 Å². The molecule has 0 saturated carbocycles. The number of halogens is 1. The van der Waals surface area contributed by atoms with Gasteiger partial charge in [-0.2, -0.15) is 0 Å². The number of para-hydroxylation sites is 1. The van der Waals surface area contributed by atoms with Crippen molar-refractivity contribution in [3.05, 3.63) is 66.0 Å². The standard InChI is InChI=1S/C17H20FNO2/c18-15-8-6-14(7-9-15)10-11-19-12-16(20)13-21-17-4-2-1-3-5-17/h1-9,16,19-20H,10-13H2. The summed E-state index contributed by atoms with van der Waals surface area (Å²) in [6.45, 7) is 1.45. The van der Waals surface area contributed by atoms with E-state index in [1.807, 2.05) is 30.3 Å². The molecule has 0 amide bonds. The first-order chi connectivity index (χ1) is 10.2. The maximum absolute atomic E-state index is 12.7. The molecule has 2 N–H and O–H groups in total. The Morgan fingerprint density at radius 2 is 1.76 bits per heavy atom. The van der Waals surface area contributed by atoms with E-state index in [1.165, 1.54) is 12.1 Å². The maximum atomic E-state index is 12.7. The van der Waals surface area contributed by atoms with Gasteiger partial charge in [0, 0.05) is 6.54 Å². The van der Waals surface area contributed by atoms with Crippen molar-refractivity contribution in [3.8, 4) is 5.75 Å². The molecule has 21 heavy (non-hydrogen) atoms. The quantitative estimate of drug-likeness (QED) is 0.733. The molecule has 0 aliphatic rings. The smallest absolute Gasteiger partial charge is 0.123 e. The molecule has 1 unspecified atom stereocenters. The van der Waals surface area contributed by atoms with Gasteiger partial charge in [-0.1, -0.05) is 30.3 Å².